The SMILES string of the molecule is Cl.O=c1c(-c2ccccc2Cl)cn2ccn(Cc3cccc(Cl)c3)c(=O)c2c1O. The molecule has 1 N–H and O–H groups in total. The smallest absolute Gasteiger partial charge is 0.279 e. The first-order valence-corrected chi connectivity index (χ1v) is 9.18. The summed E-state index contributed by atoms with van der Waals surface area (Å²) in [5, 5.41) is 11.4. The zero-order valence-electron chi connectivity index (χ0n) is 14.9. The molecule has 0 fully saturated rings. The van der Waals surface area contributed by atoms with Gasteiger partial charge in [-0.15, -0.1) is 12.4 Å². The van der Waals surface area contributed by atoms with Crippen LogP contribution in [0.5, 0.6) is 5.75 Å². The molecule has 0 bridgehead atoms. The Labute approximate surface area is 181 Å². The summed E-state index contributed by atoms with van der Waals surface area (Å²) in [7, 11) is 0. The first-order valence-electron chi connectivity index (χ1n) is 8.42. The maximum atomic E-state index is 12.9. The summed E-state index contributed by atoms with van der Waals surface area (Å²) >= 11 is 12.2. The fourth-order valence-electron chi connectivity index (χ4n) is 3.13. The summed E-state index contributed by atoms with van der Waals surface area (Å²) in [6.45, 7) is 0.260. The normalized spacial score (nSPS) is 10.7. The highest BCUT2D eigenvalue weighted by Gasteiger charge is 2.17. The van der Waals surface area contributed by atoms with E-state index in [4.69, 9.17) is 23.2 Å². The van der Waals surface area contributed by atoms with Crippen molar-refractivity contribution in [2.24, 2.45) is 0 Å². The fraction of sp³-hybridized carbons (Fsp3) is 0.0476. The monoisotopic (exact) mass is 448 g/mol. The number of fused-ring (bicyclic) bond motifs is 1. The molecule has 0 aliphatic carbocycles. The summed E-state index contributed by atoms with van der Waals surface area (Å²) in [6, 6.07) is 14.0. The molecule has 0 saturated heterocycles. The largest absolute Gasteiger partial charge is 0.503 e. The molecule has 0 radical (unpaired) electrons. The molecule has 2 aromatic heterocycles. The number of rotatable bonds is 3. The van der Waals surface area contributed by atoms with Crippen LogP contribution in [-0.4, -0.2) is 14.1 Å². The summed E-state index contributed by atoms with van der Waals surface area (Å²) in [5.41, 5.74) is 0.307. The molecule has 0 amide bonds. The zero-order chi connectivity index (χ0) is 19.8. The van der Waals surface area contributed by atoms with Gasteiger partial charge < -0.3 is 14.1 Å². The van der Waals surface area contributed by atoms with E-state index in [1.807, 2.05) is 6.07 Å². The van der Waals surface area contributed by atoms with E-state index in [0.717, 1.165) is 5.56 Å². The van der Waals surface area contributed by atoms with Crippen LogP contribution in [0.3, 0.4) is 0 Å². The van der Waals surface area contributed by atoms with E-state index in [9.17, 15) is 14.7 Å². The maximum absolute atomic E-state index is 12.9. The van der Waals surface area contributed by atoms with Crippen molar-refractivity contribution < 1.29 is 5.11 Å². The minimum absolute atomic E-state index is 0. The third kappa shape index (κ3) is 3.90. The molecule has 8 heteroatoms. The lowest BCUT2D eigenvalue weighted by molar-refractivity contribution is 0.472. The average Bonchev–Trinajstić information content (AvgIpc) is 2.67. The first-order chi connectivity index (χ1) is 13.5. The summed E-state index contributed by atoms with van der Waals surface area (Å²) in [4.78, 5) is 25.6. The van der Waals surface area contributed by atoms with Gasteiger partial charge in [-0.1, -0.05) is 53.5 Å². The Morgan fingerprint density at radius 3 is 2.41 bits per heavy atom. The maximum Gasteiger partial charge on any atom is 0.279 e. The number of halogens is 3. The predicted octanol–water partition coefficient (Wildman–Crippen LogP) is 4.61. The zero-order valence-corrected chi connectivity index (χ0v) is 17.2. The van der Waals surface area contributed by atoms with Gasteiger partial charge in [-0.2, -0.15) is 0 Å². The van der Waals surface area contributed by atoms with Crippen LogP contribution in [0.15, 0.2) is 76.7 Å². The quantitative estimate of drug-likeness (QED) is 0.497. The van der Waals surface area contributed by atoms with Crippen LogP contribution in [0.25, 0.3) is 16.6 Å². The van der Waals surface area contributed by atoms with Crippen LogP contribution < -0.4 is 11.0 Å². The minimum atomic E-state index is -0.647. The van der Waals surface area contributed by atoms with E-state index in [1.54, 1.807) is 54.9 Å². The van der Waals surface area contributed by atoms with Gasteiger partial charge in [0.2, 0.25) is 5.43 Å². The molecule has 2 heterocycles. The molecule has 4 aromatic rings. The standard InChI is InChI=1S/C21H14Cl2N2O3.ClH/c22-14-5-3-4-13(10-14)11-25-9-8-24-12-16(15-6-1-2-7-17(15)23)19(26)20(27)18(24)21(25)28;/h1-10,12,27H,11H2;1H. The Morgan fingerprint density at radius 2 is 1.69 bits per heavy atom. The van der Waals surface area contributed by atoms with Crippen molar-refractivity contribution in [3.8, 4) is 16.9 Å². The third-order valence-corrected chi connectivity index (χ3v) is 5.05. The Balaban J connectivity index is 0.00000240. The highest BCUT2D eigenvalue weighted by atomic mass is 35.5. The molecular weight excluding hydrogens is 435 g/mol. The van der Waals surface area contributed by atoms with E-state index in [0.29, 0.717) is 15.6 Å². The third-order valence-electron chi connectivity index (χ3n) is 4.49. The number of aromatic hydroxyl groups is 1. The van der Waals surface area contributed by atoms with E-state index in [1.165, 1.54) is 15.2 Å². The van der Waals surface area contributed by atoms with Crippen molar-refractivity contribution in [3.05, 3.63) is 103 Å². The highest BCUT2D eigenvalue weighted by molar-refractivity contribution is 6.33. The van der Waals surface area contributed by atoms with Gasteiger partial charge in [0.1, 0.15) is 0 Å². The molecule has 4 rings (SSSR count). The lowest BCUT2D eigenvalue weighted by Gasteiger charge is -2.12. The van der Waals surface area contributed by atoms with Crippen molar-refractivity contribution in [2.45, 2.75) is 6.54 Å². The van der Waals surface area contributed by atoms with Crippen molar-refractivity contribution in [1.29, 1.82) is 0 Å². The first kappa shape index (κ1) is 21.0. The Kier molecular flexibility index (Phi) is 6.03. The molecule has 0 atom stereocenters. The number of aromatic nitrogens is 2. The van der Waals surface area contributed by atoms with Gasteiger partial charge in [0, 0.05) is 34.2 Å². The second-order valence-corrected chi connectivity index (χ2v) is 7.16. The molecule has 148 valence electrons. The molecule has 0 spiro atoms. The van der Waals surface area contributed by atoms with Crippen molar-refractivity contribution in [2.75, 3.05) is 0 Å². The number of pyridine rings is 1. The van der Waals surface area contributed by atoms with E-state index < -0.39 is 16.7 Å². The Morgan fingerprint density at radius 1 is 0.931 bits per heavy atom. The van der Waals surface area contributed by atoms with Gasteiger partial charge in [0.25, 0.3) is 5.56 Å². The summed E-state index contributed by atoms with van der Waals surface area (Å²) < 4.78 is 2.85. The van der Waals surface area contributed by atoms with Crippen LogP contribution in [0.4, 0.5) is 0 Å². The molecule has 0 aliphatic heterocycles. The van der Waals surface area contributed by atoms with Crippen molar-refractivity contribution in [3.63, 3.8) is 0 Å². The van der Waals surface area contributed by atoms with Gasteiger partial charge >= 0.3 is 0 Å². The summed E-state index contributed by atoms with van der Waals surface area (Å²) in [5.74, 6) is -0.608. The molecule has 0 aliphatic rings. The van der Waals surface area contributed by atoms with Gasteiger partial charge in [-0.3, -0.25) is 9.59 Å². The Bertz CT molecular complexity index is 1330. The Hall–Kier alpha value is -2.73. The van der Waals surface area contributed by atoms with Gasteiger partial charge in [-0.25, -0.2) is 0 Å². The number of hydrogen-bond donors (Lipinski definition) is 1. The lowest BCUT2D eigenvalue weighted by atomic mass is 10.1. The molecular formula is C21H15Cl3N2O3. The van der Waals surface area contributed by atoms with Gasteiger partial charge in [0.05, 0.1) is 12.1 Å². The van der Waals surface area contributed by atoms with Crippen molar-refractivity contribution >= 4 is 41.1 Å². The molecule has 2 aromatic carbocycles. The van der Waals surface area contributed by atoms with Crippen LogP contribution in [-0.2, 0) is 6.54 Å². The number of benzene rings is 2. The van der Waals surface area contributed by atoms with Crippen LogP contribution in [0.1, 0.15) is 5.56 Å². The van der Waals surface area contributed by atoms with Gasteiger partial charge in [-0.05, 0) is 23.8 Å². The van der Waals surface area contributed by atoms with Crippen molar-refractivity contribution in [1.82, 2.24) is 8.97 Å². The topological polar surface area (TPSA) is 63.7 Å². The lowest BCUT2D eigenvalue weighted by Crippen LogP contribution is -2.24. The second kappa shape index (κ2) is 8.33. The predicted molar refractivity (Wildman–Crippen MR) is 118 cm³/mol. The van der Waals surface area contributed by atoms with E-state index in [2.05, 4.69) is 0 Å². The molecule has 5 nitrogen and oxygen atoms in total. The van der Waals surface area contributed by atoms with E-state index >= 15 is 0 Å². The van der Waals surface area contributed by atoms with Gasteiger partial charge in [0.15, 0.2) is 11.3 Å². The van der Waals surface area contributed by atoms with Crippen LogP contribution in [0, 0.1) is 0 Å². The molecule has 0 saturated carbocycles. The fourth-order valence-corrected chi connectivity index (χ4v) is 3.58. The minimum Gasteiger partial charge on any atom is -0.503 e. The number of nitrogens with zero attached hydrogens (tertiary/aromatic N) is 2. The number of hydrogen-bond acceptors (Lipinski definition) is 3. The van der Waals surface area contributed by atoms with Crippen LogP contribution >= 0.6 is 35.6 Å². The summed E-state index contributed by atoms with van der Waals surface area (Å²) in [6.07, 6.45) is 4.71. The molecule has 29 heavy (non-hydrogen) atoms. The van der Waals surface area contributed by atoms with E-state index in [-0.39, 0.29) is 30.0 Å². The second-order valence-electron chi connectivity index (χ2n) is 6.32. The average molecular weight is 450 g/mol. The molecule has 0 unspecified atom stereocenters. The highest BCUT2D eigenvalue weighted by Crippen LogP contribution is 2.27. The van der Waals surface area contributed by atoms with Crippen LogP contribution in [0.2, 0.25) is 10.0 Å².